The van der Waals surface area contributed by atoms with Gasteiger partial charge in [0.05, 0.1) is 0 Å². The van der Waals surface area contributed by atoms with E-state index in [0.29, 0.717) is 0 Å². The smallest absolute Gasteiger partial charge is 0.120 e. The molecule has 0 atom stereocenters. The minimum atomic E-state index is -0.917. The number of aliphatic hydroxyl groups is 1. The predicted octanol–water partition coefficient (Wildman–Crippen LogP) is 3.54. The summed E-state index contributed by atoms with van der Waals surface area (Å²) in [5, 5.41) is 9.50. The van der Waals surface area contributed by atoms with E-state index in [0.717, 1.165) is 12.0 Å². The summed E-state index contributed by atoms with van der Waals surface area (Å²) in [7, 11) is 0. The van der Waals surface area contributed by atoms with Crippen molar-refractivity contribution < 1.29 is 5.11 Å². The van der Waals surface area contributed by atoms with Gasteiger partial charge in [-0.2, -0.15) is 0 Å². The normalized spacial score (nSPS) is 10.8. The van der Waals surface area contributed by atoms with Crippen LogP contribution in [0.25, 0.3) is 0 Å². The second-order valence-electron chi connectivity index (χ2n) is 4.96. The first kappa shape index (κ1) is 13.8. The van der Waals surface area contributed by atoms with Gasteiger partial charge >= 0.3 is 0 Å². The Bertz CT molecular complexity index is 384. The number of unbranched alkanes of at least 4 members (excludes halogenated alkanes) is 2. The summed E-state index contributed by atoms with van der Waals surface area (Å²) in [6.07, 6.45) is 4.95. The number of benzene rings is 1. The summed E-state index contributed by atoms with van der Waals surface area (Å²) >= 11 is 0. The molecule has 17 heavy (non-hydrogen) atoms. The van der Waals surface area contributed by atoms with Crippen LogP contribution < -0.4 is 0 Å². The highest BCUT2D eigenvalue weighted by Gasteiger charge is 2.05. The summed E-state index contributed by atoms with van der Waals surface area (Å²) in [4.78, 5) is 0. The lowest BCUT2D eigenvalue weighted by Crippen LogP contribution is -2.14. The zero-order chi connectivity index (χ0) is 12.7. The van der Waals surface area contributed by atoms with Crippen molar-refractivity contribution in [3.8, 4) is 11.8 Å². The first-order valence-electron chi connectivity index (χ1n) is 6.36. The van der Waals surface area contributed by atoms with E-state index in [1.54, 1.807) is 13.8 Å². The van der Waals surface area contributed by atoms with Crippen LogP contribution in [-0.4, -0.2) is 10.7 Å². The Balaban J connectivity index is 2.58. The van der Waals surface area contributed by atoms with Crippen LogP contribution in [0.3, 0.4) is 0 Å². The van der Waals surface area contributed by atoms with Crippen molar-refractivity contribution in [2.24, 2.45) is 0 Å². The maximum Gasteiger partial charge on any atom is 0.120 e. The lowest BCUT2D eigenvalue weighted by molar-refractivity contribution is 0.143. The third-order valence-electron chi connectivity index (χ3n) is 2.54. The third kappa shape index (κ3) is 6.14. The van der Waals surface area contributed by atoms with Crippen molar-refractivity contribution in [1.82, 2.24) is 0 Å². The Hall–Kier alpha value is -1.26. The van der Waals surface area contributed by atoms with Crippen molar-refractivity contribution in [3.63, 3.8) is 0 Å². The molecular weight excluding hydrogens is 208 g/mol. The summed E-state index contributed by atoms with van der Waals surface area (Å²) in [6.45, 7) is 5.60. The van der Waals surface area contributed by atoms with E-state index in [1.807, 2.05) is 12.1 Å². The van der Waals surface area contributed by atoms with E-state index >= 15 is 0 Å². The van der Waals surface area contributed by atoms with Crippen molar-refractivity contribution in [3.05, 3.63) is 35.4 Å². The van der Waals surface area contributed by atoms with Crippen molar-refractivity contribution in [2.45, 2.75) is 52.1 Å². The zero-order valence-electron chi connectivity index (χ0n) is 11.1. The third-order valence-corrected chi connectivity index (χ3v) is 2.54. The SMILES string of the molecule is CCCCCc1ccc(C#CC(C)(C)O)cc1. The maximum atomic E-state index is 9.50. The molecule has 0 unspecified atom stereocenters. The first-order chi connectivity index (χ1) is 8.01. The molecule has 1 N–H and O–H groups in total. The Morgan fingerprint density at radius 1 is 1.12 bits per heavy atom. The monoisotopic (exact) mass is 230 g/mol. The largest absolute Gasteiger partial charge is 0.378 e. The Labute approximate surface area is 105 Å². The molecule has 1 heteroatoms. The van der Waals surface area contributed by atoms with Gasteiger partial charge in [-0.1, -0.05) is 43.7 Å². The molecule has 0 aliphatic carbocycles. The van der Waals surface area contributed by atoms with Gasteiger partial charge in [-0.25, -0.2) is 0 Å². The highest BCUT2D eigenvalue weighted by atomic mass is 16.3. The fourth-order valence-electron chi connectivity index (χ4n) is 1.56. The van der Waals surface area contributed by atoms with Gasteiger partial charge in [-0.15, -0.1) is 0 Å². The second kappa shape index (κ2) is 6.47. The summed E-state index contributed by atoms with van der Waals surface area (Å²) < 4.78 is 0. The van der Waals surface area contributed by atoms with Gasteiger partial charge in [0.15, 0.2) is 0 Å². The molecular formula is C16H22O. The van der Waals surface area contributed by atoms with Crippen molar-refractivity contribution >= 4 is 0 Å². The molecule has 0 fully saturated rings. The van der Waals surface area contributed by atoms with Gasteiger partial charge < -0.3 is 5.11 Å². The quantitative estimate of drug-likeness (QED) is 0.619. The number of hydrogen-bond acceptors (Lipinski definition) is 1. The summed E-state index contributed by atoms with van der Waals surface area (Å²) in [5.41, 5.74) is 1.42. The standard InChI is InChI=1S/C16H22O/c1-4-5-6-7-14-8-10-15(11-9-14)12-13-16(2,3)17/h8-11,17H,4-7H2,1-3H3. The number of aryl methyl sites for hydroxylation is 1. The average Bonchev–Trinajstić information content (AvgIpc) is 2.27. The van der Waals surface area contributed by atoms with Crippen LogP contribution in [0.1, 0.15) is 51.2 Å². The second-order valence-corrected chi connectivity index (χ2v) is 4.96. The molecule has 1 aromatic carbocycles. The molecule has 92 valence electrons. The average molecular weight is 230 g/mol. The van der Waals surface area contributed by atoms with Gasteiger partial charge in [0.2, 0.25) is 0 Å². The lowest BCUT2D eigenvalue weighted by atomic mass is 10.0. The summed E-state index contributed by atoms with van der Waals surface area (Å²) in [5.74, 6) is 5.79. The van der Waals surface area contributed by atoms with Crippen LogP contribution in [0.2, 0.25) is 0 Å². The van der Waals surface area contributed by atoms with Gasteiger partial charge in [0, 0.05) is 5.56 Å². The van der Waals surface area contributed by atoms with E-state index in [2.05, 4.69) is 30.9 Å². The molecule has 1 nitrogen and oxygen atoms in total. The summed E-state index contributed by atoms with van der Waals surface area (Å²) in [6, 6.07) is 8.31. The topological polar surface area (TPSA) is 20.2 Å². The highest BCUT2D eigenvalue weighted by Crippen LogP contribution is 2.08. The molecule has 0 aromatic heterocycles. The molecule has 0 aliphatic rings. The molecule has 0 radical (unpaired) electrons. The molecule has 0 spiro atoms. The van der Waals surface area contributed by atoms with Crippen LogP contribution in [-0.2, 0) is 6.42 Å². The molecule has 0 saturated heterocycles. The van der Waals surface area contributed by atoms with Crippen molar-refractivity contribution in [1.29, 1.82) is 0 Å². The van der Waals surface area contributed by atoms with Gasteiger partial charge in [0.25, 0.3) is 0 Å². The van der Waals surface area contributed by atoms with Crippen LogP contribution in [0.5, 0.6) is 0 Å². The molecule has 0 heterocycles. The lowest BCUT2D eigenvalue weighted by Gasteiger charge is -2.06. The highest BCUT2D eigenvalue weighted by molar-refractivity contribution is 5.37. The fourth-order valence-corrected chi connectivity index (χ4v) is 1.56. The van der Waals surface area contributed by atoms with Crippen molar-refractivity contribution in [2.75, 3.05) is 0 Å². The minimum Gasteiger partial charge on any atom is -0.378 e. The number of hydrogen-bond donors (Lipinski definition) is 1. The van der Waals surface area contributed by atoms with E-state index in [4.69, 9.17) is 0 Å². The Kier molecular flexibility index (Phi) is 5.25. The van der Waals surface area contributed by atoms with Gasteiger partial charge in [-0.3, -0.25) is 0 Å². The molecule has 0 amide bonds. The molecule has 0 aliphatic heterocycles. The van der Waals surface area contributed by atoms with Crippen LogP contribution in [0.15, 0.2) is 24.3 Å². The molecule has 1 rings (SSSR count). The molecule has 0 saturated carbocycles. The van der Waals surface area contributed by atoms with Crippen LogP contribution in [0, 0.1) is 11.8 Å². The van der Waals surface area contributed by atoms with E-state index < -0.39 is 5.60 Å². The molecule has 0 bridgehead atoms. The number of rotatable bonds is 4. The van der Waals surface area contributed by atoms with Gasteiger partial charge in [-0.05, 0) is 44.4 Å². The zero-order valence-corrected chi connectivity index (χ0v) is 11.1. The van der Waals surface area contributed by atoms with Crippen LogP contribution >= 0.6 is 0 Å². The maximum absolute atomic E-state index is 9.50. The fraction of sp³-hybridized carbons (Fsp3) is 0.500. The Morgan fingerprint density at radius 2 is 1.76 bits per heavy atom. The van der Waals surface area contributed by atoms with E-state index in [1.165, 1.54) is 24.8 Å². The van der Waals surface area contributed by atoms with Gasteiger partial charge in [0.1, 0.15) is 5.60 Å². The predicted molar refractivity (Wildman–Crippen MR) is 72.8 cm³/mol. The van der Waals surface area contributed by atoms with E-state index in [9.17, 15) is 5.11 Å². The van der Waals surface area contributed by atoms with Crippen LogP contribution in [0.4, 0.5) is 0 Å². The first-order valence-corrected chi connectivity index (χ1v) is 6.36. The van der Waals surface area contributed by atoms with E-state index in [-0.39, 0.29) is 0 Å². The minimum absolute atomic E-state index is 0.917. The Morgan fingerprint density at radius 3 is 2.29 bits per heavy atom. The molecule has 1 aromatic rings.